The van der Waals surface area contributed by atoms with E-state index in [9.17, 15) is 0 Å². The monoisotopic (exact) mass is 245 g/mol. The molecule has 3 aromatic heterocycles. The molecule has 0 amide bonds. The van der Waals surface area contributed by atoms with Crippen molar-refractivity contribution in [3.05, 3.63) is 41.8 Å². The number of hydrogen-bond acceptors (Lipinski definition) is 4. The summed E-state index contributed by atoms with van der Waals surface area (Å²) in [7, 11) is 0. The highest BCUT2D eigenvalue weighted by molar-refractivity contribution is 6.30. The molecule has 17 heavy (non-hydrogen) atoms. The van der Waals surface area contributed by atoms with Gasteiger partial charge in [0.1, 0.15) is 0 Å². The lowest BCUT2D eigenvalue weighted by Gasteiger charge is -1.98. The predicted molar refractivity (Wildman–Crippen MR) is 65.6 cm³/mol. The van der Waals surface area contributed by atoms with Crippen molar-refractivity contribution in [2.24, 2.45) is 0 Å². The average molecular weight is 246 g/mol. The van der Waals surface area contributed by atoms with E-state index in [0.717, 1.165) is 11.3 Å². The van der Waals surface area contributed by atoms with Gasteiger partial charge < -0.3 is 5.73 Å². The summed E-state index contributed by atoms with van der Waals surface area (Å²) in [5.41, 5.74) is 7.99. The van der Waals surface area contributed by atoms with Gasteiger partial charge in [0, 0.05) is 12.4 Å². The zero-order valence-electron chi connectivity index (χ0n) is 8.71. The van der Waals surface area contributed by atoms with Crippen LogP contribution >= 0.6 is 11.6 Å². The van der Waals surface area contributed by atoms with E-state index in [1.54, 1.807) is 23.1 Å². The summed E-state index contributed by atoms with van der Waals surface area (Å²) in [5.74, 6) is 0.387. The van der Waals surface area contributed by atoms with Crippen LogP contribution in [0.5, 0.6) is 0 Å². The number of nitrogen functional groups attached to an aromatic ring is 1. The Morgan fingerprint density at radius 2 is 2.12 bits per heavy atom. The first-order valence-electron chi connectivity index (χ1n) is 4.96. The summed E-state index contributed by atoms with van der Waals surface area (Å²) in [4.78, 5) is 8.47. The molecule has 3 heterocycles. The minimum atomic E-state index is 0.387. The number of rotatable bonds is 1. The van der Waals surface area contributed by atoms with Crippen LogP contribution in [0.2, 0.25) is 5.02 Å². The van der Waals surface area contributed by atoms with Crippen LogP contribution in [0.4, 0.5) is 5.82 Å². The maximum atomic E-state index is 5.88. The zero-order valence-corrected chi connectivity index (χ0v) is 9.46. The van der Waals surface area contributed by atoms with Crippen LogP contribution in [0.3, 0.4) is 0 Å². The molecule has 0 radical (unpaired) electrons. The second kappa shape index (κ2) is 3.71. The van der Waals surface area contributed by atoms with Gasteiger partial charge in [-0.2, -0.15) is 0 Å². The van der Waals surface area contributed by atoms with Gasteiger partial charge in [-0.05, 0) is 12.1 Å². The van der Waals surface area contributed by atoms with E-state index in [2.05, 4.69) is 15.1 Å². The number of halogens is 1. The lowest BCUT2D eigenvalue weighted by Crippen LogP contribution is -1.89. The highest BCUT2D eigenvalue weighted by Gasteiger charge is 2.14. The van der Waals surface area contributed by atoms with Gasteiger partial charge >= 0.3 is 0 Å². The molecule has 0 unspecified atom stereocenters. The van der Waals surface area contributed by atoms with E-state index in [4.69, 9.17) is 17.3 Å². The number of aromatic nitrogens is 4. The molecule has 0 aliphatic heterocycles. The van der Waals surface area contributed by atoms with Crippen LogP contribution in [0.25, 0.3) is 16.9 Å². The topological polar surface area (TPSA) is 69.1 Å². The zero-order chi connectivity index (χ0) is 11.8. The number of anilines is 1. The maximum Gasteiger partial charge on any atom is 0.166 e. The third-order valence-electron chi connectivity index (χ3n) is 2.39. The predicted octanol–water partition coefficient (Wildman–Crippen LogP) is 2.03. The molecule has 0 bridgehead atoms. The van der Waals surface area contributed by atoms with Crippen molar-refractivity contribution in [2.45, 2.75) is 0 Å². The molecule has 0 aromatic carbocycles. The van der Waals surface area contributed by atoms with Crippen LogP contribution in [-0.2, 0) is 0 Å². The molecule has 5 nitrogen and oxygen atoms in total. The second-order valence-electron chi connectivity index (χ2n) is 3.52. The fourth-order valence-electron chi connectivity index (χ4n) is 1.69. The molecule has 0 saturated carbocycles. The summed E-state index contributed by atoms with van der Waals surface area (Å²) in [6.45, 7) is 0. The summed E-state index contributed by atoms with van der Waals surface area (Å²) < 4.78 is 1.56. The van der Waals surface area contributed by atoms with Crippen molar-refractivity contribution < 1.29 is 0 Å². The second-order valence-corrected chi connectivity index (χ2v) is 3.95. The molecular weight excluding hydrogens is 238 g/mol. The maximum absolute atomic E-state index is 5.88. The minimum absolute atomic E-state index is 0.387. The van der Waals surface area contributed by atoms with Crippen LogP contribution < -0.4 is 5.73 Å². The first-order chi connectivity index (χ1) is 8.25. The number of pyridine rings is 1. The summed E-state index contributed by atoms with van der Waals surface area (Å²) in [6, 6.07) is 5.60. The van der Waals surface area contributed by atoms with E-state index in [-0.39, 0.29) is 0 Å². The number of nitrogens with zero attached hydrogens (tertiary/aromatic N) is 4. The molecule has 0 aliphatic carbocycles. The molecule has 3 aromatic rings. The third-order valence-corrected chi connectivity index (χ3v) is 2.58. The van der Waals surface area contributed by atoms with Crippen LogP contribution in [0.1, 0.15) is 0 Å². The molecule has 0 spiro atoms. The molecule has 0 saturated heterocycles. The van der Waals surface area contributed by atoms with E-state index >= 15 is 0 Å². The van der Waals surface area contributed by atoms with Crippen molar-refractivity contribution in [1.82, 2.24) is 19.6 Å². The highest BCUT2D eigenvalue weighted by atomic mass is 35.5. The molecule has 3 rings (SSSR count). The van der Waals surface area contributed by atoms with Crippen LogP contribution in [0, 0.1) is 0 Å². The summed E-state index contributed by atoms with van der Waals surface area (Å²) >= 11 is 5.85. The minimum Gasteiger partial charge on any atom is -0.382 e. The van der Waals surface area contributed by atoms with Crippen molar-refractivity contribution in [2.75, 3.05) is 5.73 Å². The first-order valence-corrected chi connectivity index (χ1v) is 5.34. The summed E-state index contributed by atoms with van der Waals surface area (Å²) in [6.07, 6.45) is 4.92. The normalized spacial score (nSPS) is 10.9. The van der Waals surface area contributed by atoms with Gasteiger partial charge in [-0.25, -0.2) is 9.50 Å². The lowest BCUT2D eigenvalue weighted by atomic mass is 10.2. The summed E-state index contributed by atoms with van der Waals surface area (Å²) in [5, 5.41) is 4.66. The van der Waals surface area contributed by atoms with Crippen molar-refractivity contribution in [1.29, 1.82) is 0 Å². The number of fused-ring (bicyclic) bond motifs is 1. The van der Waals surface area contributed by atoms with Crippen molar-refractivity contribution in [3.8, 4) is 11.3 Å². The Bertz CT molecular complexity index is 677. The van der Waals surface area contributed by atoms with E-state index in [1.165, 1.54) is 0 Å². The molecule has 0 aliphatic rings. The van der Waals surface area contributed by atoms with E-state index < -0.39 is 0 Å². The Hall–Kier alpha value is -2.14. The van der Waals surface area contributed by atoms with Gasteiger partial charge in [-0.1, -0.05) is 17.7 Å². The van der Waals surface area contributed by atoms with Crippen LogP contribution in [0.15, 0.2) is 36.8 Å². The van der Waals surface area contributed by atoms with Gasteiger partial charge in [-0.15, -0.1) is 5.10 Å². The molecule has 2 N–H and O–H groups in total. The fraction of sp³-hybridized carbons (Fsp3) is 0. The number of nitrogens with two attached hydrogens (primary N) is 1. The third kappa shape index (κ3) is 1.60. The standard InChI is InChI=1S/C11H8ClN5/c12-7-5-15-11-9(8-3-1-2-4-14-8)10(13)16-17(11)6-7/h1-6H,(H2,13,16). The van der Waals surface area contributed by atoms with Gasteiger partial charge in [0.2, 0.25) is 0 Å². The Morgan fingerprint density at radius 1 is 1.24 bits per heavy atom. The van der Waals surface area contributed by atoms with Gasteiger partial charge in [-0.3, -0.25) is 4.98 Å². The SMILES string of the molecule is Nc1nn2cc(Cl)cnc2c1-c1ccccn1. The number of hydrogen-bond donors (Lipinski definition) is 1. The molecule has 0 fully saturated rings. The first kappa shape index (κ1) is 10.0. The Labute approximate surface area is 102 Å². The van der Waals surface area contributed by atoms with Gasteiger partial charge in [0.25, 0.3) is 0 Å². The smallest absolute Gasteiger partial charge is 0.166 e. The van der Waals surface area contributed by atoms with Crippen LogP contribution in [-0.4, -0.2) is 19.6 Å². The average Bonchev–Trinajstić information content (AvgIpc) is 2.65. The highest BCUT2D eigenvalue weighted by Crippen LogP contribution is 2.27. The fourth-order valence-corrected chi connectivity index (χ4v) is 1.83. The molecule has 0 atom stereocenters. The van der Waals surface area contributed by atoms with Crippen molar-refractivity contribution >= 4 is 23.1 Å². The quantitative estimate of drug-likeness (QED) is 0.712. The van der Waals surface area contributed by atoms with E-state index in [1.807, 2.05) is 18.2 Å². The molecule has 6 heteroatoms. The lowest BCUT2D eigenvalue weighted by molar-refractivity contribution is 0.945. The van der Waals surface area contributed by atoms with Crippen molar-refractivity contribution in [3.63, 3.8) is 0 Å². The van der Waals surface area contributed by atoms with E-state index in [0.29, 0.717) is 16.5 Å². The Kier molecular flexibility index (Phi) is 2.19. The largest absolute Gasteiger partial charge is 0.382 e. The molecule has 84 valence electrons. The Balaban J connectivity index is 2.33. The Morgan fingerprint density at radius 3 is 2.88 bits per heavy atom. The van der Waals surface area contributed by atoms with Gasteiger partial charge in [0.15, 0.2) is 11.5 Å². The van der Waals surface area contributed by atoms with Gasteiger partial charge in [0.05, 0.1) is 22.5 Å². The molecular formula is C11H8ClN5.